The predicted molar refractivity (Wildman–Crippen MR) is 291 cm³/mol. The third kappa shape index (κ3) is 6.54. The summed E-state index contributed by atoms with van der Waals surface area (Å²) in [5, 5.41) is 2.31. The fraction of sp³-hybridized carbons (Fsp3) is 0.250. The molecule has 2 aliphatic heterocycles. The third-order valence-electron chi connectivity index (χ3n) is 15.8. The topological polar surface area (TPSA) is 19.6 Å². The Hall–Kier alpha value is -6.78. The monoisotopic (exact) mass is 884 g/mol. The second kappa shape index (κ2) is 14.9. The Balaban J connectivity index is 1.28. The van der Waals surface area contributed by atoms with E-state index in [-0.39, 0.29) is 28.5 Å². The molecule has 1 aliphatic carbocycles. The Morgan fingerprint density at radius 2 is 1.06 bits per heavy atom. The lowest BCUT2D eigenvalue weighted by atomic mass is 9.42. The molecule has 336 valence electrons. The molecule has 0 spiro atoms. The number of nitrogens with zero attached hydrogens (tertiary/aromatic N) is 2. The van der Waals surface area contributed by atoms with E-state index in [4.69, 9.17) is 4.42 Å². The molecule has 0 radical (unpaired) electrons. The Morgan fingerprint density at radius 1 is 0.456 bits per heavy atom. The van der Waals surface area contributed by atoms with Gasteiger partial charge >= 0.3 is 6.85 Å². The van der Waals surface area contributed by atoms with Gasteiger partial charge in [0.2, 0.25) is 0 Å². The molecule has 0 atom stereocenters. The van der Waals surface area contributed by atoms with Gasteiger partial charge < -0.3 is 14.1 Å². The first kappa shape index (κ1) is 42.6. The number of rotatable bonds is 4. The molecule has 0 saturated heterocycles. The van der Waals surface area contributed by atoms with Crippen molar-refractivity contribution < 1.29 is 4.42 Å². The molecule has 0 unspecified atom stereocenters. The highest BCUT2D eigenvalue weighted by Gasteiger charge is 2.49. The van der Waals surface area contributed by atoms with Crippen molar-refractivity contribution in [2.45, 2.75) is 104 Å². The minimum Gasteiger partial charge on any atom is -0.456 e. The fourth-order valence-electron chi connectivity index (χ4n) is 11.8. The van der Waals surface area contributed by atoms with Gasteiger partial charge in [0.1, 0.15) is 11.2 Å². The minimum absolute atomic E-state index is 0.0133. The summed E-state index contributed by atoms with van der Waals surface area (Å²) in [6.07, 6.45) is 2.29. The van der Waals surface area contributed by atoms with Gasteiger partial charge in [-0.1, -0.05) is 166 Å². The molecule has 1 aromatic heterocycles. The van der Waals surface area contributed by atoms with Gasteiger partial charge in [-0.25, -0.2) is 0 Å². The average Bonchev–Trinajstić information content (AvgIpc) is 3.71. The molecule has 0 amide bonds. The van der Waals surface area contributed by atoms with Crippen LogP contribution in [0.3, 0.4) is 0 Å². The minimum atomic E-state index is -0.194. The normalized spacial score (nSPS) is 15.8. The van der Waals surface area contributed by atoms with Crippen LogP contribution in [-0.2, 0) is 21.7 Å². The highest BCUT2D eigenvalue weighted by molar-refractivity contribution is 6.95. The van der Waals surface area contributed by atoms with Crippen molar-refractivity contribution in [1.82, 2.24) is 0 Å². The maximum absolute atomic E-state index is 6.86. The highest BCUT2D eigenvalue weighted by Crippen LogP contribution is 2.55. The lowest BCUT2D eigenvalue weighted by Crippen LogP contribution is -2.62. The number of para-hydroxylation sites is 1. The Labute approximate surface area is 403 Å². The molecule has 0 saturated carbocycles. The first-order chi connectivity index (χ1) is 32.5. The van der Waals surface area contributed by atoms with Gasteiger partial charge in [0, 0.05) is 44.6 Å². The van der Waals surface area contributed by atoms with Crippen molar-refractivity contribution in [2.75, 3.05) is 9.71 Å². The second-order valence-corrected chi connectivity index (χ2v) is 23.2. The second-order valence-electron chi connectivity index (χ2n) is 23.2. The van der Waals surface area contributed by atoms with Crippen LogP contribution in [0.25, 0.3) is 55.3 Å². The molecule has 0 fully saturated rings. The van der Waals surface area contributed by atoms with E-state index in [1.807, 2.05) is 0 Å². The van der Waals surface area contributed by atoms with E-state index < -0.39 is 0 Å². The van der Waals surface area contributed by atoms with Crippen LogP contribution < -0.4 is 20.6 Å². The zero-order valence-corrected chi connectivity index (χ0v) is 41.4. The third-order valence-corrected chi connectivity index (χ3v) is 15.8. The molecule has 12 rings (SSSR count). The smallest absolute Gasteiger partial charge is 0.333 e. The van der Waals surface area contributed by atoms with Crippen LogP contribution in [0.1, 0.15) is 104 Å². The maximum atomic E-state index is 6.86. The van der Waals surface area contributed by atoms with Crippen LogP contribution in [0.2, 0.25) is 0 Å². The molecule has 4 heteroatoms. The first-order valence-electron chi connectivity index (χ1n) is 24.7. The lowest BCUT2D eigenvalue weighted by molar-refractivity contribution is 0.332. The maximum Gasteiger partial charge on any atom is 0.333 e. The number of furan rings is 1. The van der Waals surface area contributed by atoms with Gasteiger partial charge in [0.05, 0.1) is 5.69 Å². The van der Waals surface area contributed by atoms with Crippen LogP contribution in [0.5, 0.6) is 0 Å². The van der Waals surface area contributed by atoms with E-state index in [1.165, 1.54) is 89.0 Å². The van der Waals surface area contributed by atoms with Crippen molar-refractivity contribution in [3.8, 4) is 33.4 Å². The molecule has 3 aliphatic rings. The molecular formula is C64H61BN2O. The molecule has 68 heavy (non-hydrogen) atoms. The Morgan fingerprint density at radius 3 is 1.74 bits per heavy atom. The Kier molecular flexibility index (Phi) is 9.30. The molecular weight excluding hydrogens is 824 g/mol. The van der Waals surface area contributed by atoms with Crippen molar-refractivity contribution >= 4 is 68.1 Å². The number of hydrogen-bond donors (Lipinski definition) is 0. The van der Waals surface area contributed by atoms with Gasteiger partial charge in [-0.2, -0.15) is 0 Å². The largest absolute Gasteiger partial charge is 0.456 e. The zero-order chi connectivity index (χ0) is 47.1. The van der Waals surface area contributed by atoms with E-state index in [0.717, 1.165) is 40.8 Å². The van der Waals surface area contributed by atoms with E-state index in [9.17, 15) is 0 Å². The molecule has 3 nitrogen and oxygen atoms in total. The summed E-state index contributed by atoms with van der Waals surface area (Å²) in [5.74, 6) is 0. The van der Waals surface area contributed by atoms with Crippen LogP contribution in [0.4, 0.5) is 28.4 Å². The quantitative estimate of drug-likeness (QED) is 0.164. The van der Waals surface area contributed by atoms with Crippen LogP contribution in [0.15, 0.2) is 168 Å². The fourth-order valence-corrected chi connectivity index (χ4v) is 11.8. The van der Waals surface area contributed by atoms with Crippen LogP contribution >= 0.6 is 0 Å². The van der Waals surface area contributed by atoms with Crippen molar-refractivity contribution in [1.29, 1.82) is 0 Å². The number of benzene rings is 8. The van der Waals surface area contributed by atoms with Gasteiger partial charge in [-0.15, -0.1) is 0 Å². The van der Waals surface area contributed by atoms with E-state index >= 15 is 0 Å². The van der Waals surface area contributed by atoms with Crippen LogP contribution in [-0.4, -0.2) is 6.85 Å². The number of hydrogen-bond acceptors (Lipinski definition) is 3. The summed E-state index contributed by atoms with van der Waals surface area (Å²) in [4.78, 5) is 5.33. The summed E-state index contributed by atoms with van der Waals surface area (Å²) in [6, 6.07) is 62.2. The summed E-state index contributed by atoms with van der Waals surface area (Å²) in [5.41, 5.74) is 23.3. The lowest BCUT2D eigenvalue weighted by Gasteiger charge is -2.48. The van der Waals surface area contributed by atoms with Gasteiger partial charge in [0.15, 0.2) is 0 Å². The average molecular weight is 885 g/mol. The molecule has 8 aromatic carbocycles. The van der Waals surface area contributed by atoms with E-state index in [2.05, 4.69) is 243 Å². The van der Waals surface area contributed by atoms with Crippen molar-refractivity contribution in [3.63, 3.8) is 0 Å². The van der Waals surface area contributed by atoms with E-state index in [0.29, 0.717) is 0 Å². The van der Waals surface area contributed by atoms with E-state index in [1.54, 1.807) is 0 Å². The summed E-state index contributed by atoms with van der Waals surface area (Å²) >= 11 is 0. The predicted octanol–water partition coefficient (Wildman–Crippen LogP) is 16.6. The molecule has 0 bridgehead atoms. The van der Waals surface area contributed by atoms with Gasteiger partial charge in [-0.3, -0.25) is 0 Å². The van der Waals surface area contributed by atoms with Crippen molar-refractivity contribution in [2.24, 2.45) is 0 Å². The highest BCUT2D eigenvalue weighted by atomic mass is 16.3. The zero-order valence-electron chi connectivity index (χ0n) is 41.4. The number of anilines is 5. The SMILES string of the molecule is CC(C)(C)c1ccc(N2B3c4c(cc(-c5ccccc5)cc4N(c4ccc(C(C)(C)C)cc4-c4ccccc4)c4ccc5oc6ccccc6c5c43)-c3cc4c(cc32)C(C)(C)CCC4(C)C)cc1. The standard InChI is InChI=1S/C64H61BN2O/c1-61(2,3)43-25-28-45(29-26-43)67-54-39-51-50(63(7,8)33-34-64(51,9)10)38-48(54)49-35-42(40-19-13-11-14-20-40)36-55-59(49)65(67)60-53(31-32-57-58(60)46-23-17-18-24-56(46)68-57)66(55)52-30-27-44(62(4,5)6)37-47(52)41-21-15-12-16-22-41/h11-32,35-39H,33-34H2,1-10H3. The summed E-state index contributed by atoms with van der Waals surface area (Å²) in [7, 11) is 0. The summed E-state index contributed by atoms with van der Waals surface area (Å²) < 4.78 is 6.86. The molecule has 3 heterocycles. The van der Waals surface area contributed by atoms with Crippen molar-refractivity contribution in [3.05, 3.63) is 186 Å². The molecule has 9 aromatic rings. The Bertz CT molecular complexity index is 3470. The first-order valence-corrected chi connectivity index (χ1v) is 24.7. The van der Waals surface area contributed by atoms with Gasteiger partial charge in [0.25, 0.3) is 0 Å². The molecule has 0 N–H and O–H groups in total. The number of fused-ring (bicyclic) bond motifs is 9. The van der Waals surface area contributed by atoms with Gasteiger partial charge in [-0.05, 0) is 157 Å². The van der Waals surface area contributed by atoms with Crippen LogP contribution in [0, 0.1) is 0 Å². The summed E-state index contributed by atoms with van der Waals surface area (Å²) in [6.45, 7) is 23.5.